The van der Waals surface area contributed by atoms with Crippen LogP contribution in [0.5, 0.6) is 0 Å². The van der Waals surface area contributed by atoms with Gasteiger partial charge in [-0.3, -0.25) is 0 Å². The summed E-state index contributed by atoms with van der Waals surface area (Å²) in [5, 5.41) is -0.387. The highest BCUT2D eigenvalue weighted by Crippen LogP contribution is 2.10. The average molecular weight is 257 g/mol. The van der Waals surface area contributed by atoms with Crippen LogP contribution in [-0.2, 0) is 9.05 Å². The second kappa shape index (κ2) is 3.04. The lowest BCUT2D eigenvalue weighted by atomic mass is 10.7. The summed E-state index contributed by atoms with van der Waals surface area (Å²) in [6.07, 6.45) is 2.62. The van der Waals surface area contributed by atoms with Crippen molar-refractivity contribution in [3.8, 4) is 0 Å². The van der Waals surface area contributed by atoms with E-state index in [0.717, 1.165) is 0 Å². The molecule has 11 heavy (non-hydrogen) atoms. The quantitative estimate of drug-likeness (QED) is 0.560. The first-order valence-electron chi connectivity index (χ1n) is 2.42. The Bertz CT molecular complexity index is 349. The molecule has 0 aromatic carbocycles. The van der Waals surface area contributed by atoms with E-state index in [0.29, 0.717) is 4.47 Å². The molecule has 1 aromatic rings. The Hall–Kier alpha value is -0.200. The minimum atomic E-state index is -3.79. The third-order valence-electron chi connectivity index (χ3n) is 0.815. The van der Waals surface area contributed by atoms with Crippen LogP contribution in [-0.4, -0.2) is 18.4 Å². The first kappa shape index (κ1) is 8.89. The predicted molar refractivity (Wildman–Crippen MR) is 42.8 cm³/mol. The molecule has 0 unspecified atom stereocenters. The maximum atomic E-state index is 10.6. The second-order valence-electron chi connectivity index (χ2n) is 1.62. The molecule has 60 valence electrons. The van der Waals surface area contributed by atoms with Crippen molar-refractivity contribution in [1.29, 1.82) is 0 Å². The molecule has 0 saturated heterocycles. The van der Waals surface area contributed by atoms with E-state index in [-0.39, 0.29) is 5.16 Å². The van der Waals surface area contributed by atoms with Crippen LogP contribution in [0.25, 0.3) is 0 Å². The van der Waals surface area contributed by atoms with Gasteiger partial charge in [0.15, 0.2) is 0 Å². The van der Waals surface area contributed by atoms with Crippen LogP contribution in [0.2, 0.25) is 0 Å². The number of hydrogen-bond acceptors (Lipinski definition) is 4. The Morgan fingerprint density at radius 3 is 2.18 bits per heavy atom. The van der Waals surface area contributed by atoms with Crippen LogP contribution < -0.4 is 0 Å². The number of hydrogen-bond donors (Lipinski definition) is 0. The smallest absolute Gasteiger partial charge is 0.225 e. The Kier molecular flexibility index (Phi) is 2.46. The zero-order valence-electron chi connectivity index (χ0n) is 5.03. The van der Waals surface area contributed by atoms with Gasteiger partial charge in [-0.1, -0.05) is 0 Å². The molecule has 0 aliphatic rings. The summed E-state index contributed by atoms with van der Waals surface area (Å²) in [6.45, 7) is 0. The standard InChI is InChI=1S/C4H2BrClN2O2S/c5-3-1-7-4(8-2-3)11(6,9)10/h1-2H. The molecular formula is C4H2BrClN2O2S. The van der Waals surface area contributed by atoms with Gasteiger partial charge < -0.3 is 0 Å². The fraction of sp³-hybridized carbons (Fsp3) is 0. The lowest BCUT2D eigenvalue weighted by Gasteiger charge is -1.91. The average Bonchev–Trinajstić information content (AvgIpc) is 1.86. The van der Waals surface area contributed by atoms with Gasteiger partial charge in [0, 0.05) is 23.1 Å². The van der Waals surface area contributed by atoms with Crippen molar-refractivity contribution in [2.75, 3.05) is 0 Å². The summed E-state index contributed by atoms with van der Waals surface area (Å²) < 4.78 is 21.7. The van der Waals surface area contributed by atoms with Crippen molar-refractivity contribution in [2.24, 2.45) is 0 Å². The second-order valence-corrected chi connectivity index (χ2v) is 5.00. The number of nitrogens with zero attached hydrogens (tertiary/aromatic N) is 2. The first-order valence-corrected chi connectivity index (χ1v) is 5.52. The van der Waals surface area contributed by atoms with Crippen molar-refractivity contribution in [3.05, 3.63) is 16.9 Å². The Balaban J connectivity index is 3.20. The van der Waals surface area contributed by atoms with Crippen LogP contribution in [0, 0.1) is 0 Å². The van der Waals surface area contributed by atoms with E-state index in [1.54, 1.807) is 0 Å². The highest BCUT2D eigenvalue weighted by atomic mass is 79.9. The molecule has 0 fully saturated rings. The van der Waals surface area contributed by atoms with Gasteiger partial charge >= 0.3 is 0 Å². The molecule has 4 nitrogen and oxygen atoms in total. The molecule has 0 radical (unpaired) electrons. The molecular weight excluding hydrogens is 255 g/mol. The van der Waals surface area contributed by atoms with Crippen molar-refractivity contribution < 1.29 is 8.42 Å². The van der Waals surface area contributed by atoms with Gasteiger partial charge in [0.2, 0.25) is 0 Å². The van der Waals surface area contributed by atoms with Crippen LogP contribution in [0.3, 0.4) is 0 Å². The van der Waals surface area contributed by atoms with E-state index in [1.165, 1.54) is 12.4 Å². The van der Waals surface area contributed by atoms with Gasteiger partial charge in [0.25, 0.3) is 14.2 Å². The number of rotatable bonds is 1. The topological polar surface area (TPSA) is 59.9 Å². The van der Waals surface area contributed by atoms with E-state index >= 15 is 0 Å². The van der Waals surface area contributed by atoms with Crippen LogP contribution in [0.4, 0.5) is 0 Å². The molecule has 0 amide bonds. The van der Waals surface area contributed by atoms with E-state index in [9.17, 15) is 8.42 Å². The summed E-state index contributed by atoms with van der Waals surface area (Å²) in [5.74, 6) is 0. The maximum Gasteiger partial charge on any atom is 0.296 e. The summed E-state index contributed by atoms with van der Waals surface area (Å²) in [6, 6.07) is 0. The van der Waals surface area contributed by atoms with Crippen LogP contribution in [0.1, 0.15) is 0 Å². The summed E-state index contributed by atoms with van der Waals surface area (Å²) in [7, 11) is 1.15. The normalized spacial score (nSPS) is 11.5. The number of halogens is 2. The molecule has 0 bridgehead atoms. The highest BCUT2D eigenvalue weighted by Gasteiger charge is 2.12. The molecule has 7 heteroatoms. The minimum absolute atomic E-state index is 0.387. The van der Waals surface area contributed by atoms with Crippen molar-refractivity contribution in [3.63, 3.8) is 0 Å². The summed E-state index contributed by atoms with van der Waals surface area (Å²) in [4.78, 5) is 6.94. The molecule has 0 atom stereocenters. The molecule has 1 heterocycles. The SMILES string of the molecule is O=S(=O)(Cl)c1ncc(Br)cn1. The first-order chi connectivity index (χ1) is 5.00. The molecule has 0 N–H and O–H groups in total. The lowest BCUT2D eigenvalue weighted by molar-refractivity contribution is 0.601. The fourth-order valence-electron chi connectivity index (χ4n) is 0.426. The molecule has 0 saturated carbocycles. The molecule has 0 spiro atoms. The van der Waals surface area contributed by atoms with Gasteiger partial charge in [0.1, 0.15) is 0 Å². The van der Waals surface area contributed by atoms with Gasteiger partial charge in [-0.2, -0.15) is 0 Å². The van der Waals surface area contributed by atoms with E-state index < -0.39 is 9.05 Å². The fourth-order valence-corrected chi connectivity index (χ4v) is 1.23. The van der Waals surface area contributed by atoms with Crippen molar-refractivity contribution in [1.82, 2.24) is 9.97 Å². The minimum Gasteiger partial charge on any atom is -0.225 e. The third kappa shape index (κ3) is 2.39. The molecule has 1 rings (SSSR count). The van der Waals surface area contributed by atoms with E-state index in [1.807, 2.05) is 0 Å². The lowest BCUT2D eigenvalue weighted by Crippen LogP contribution is -1.97. The summed E-state index contributed by atoms with van der Waals surface area (Å²) in [5.41, 5.74) is 0. The Morgan fingerprint density at radius 1 is 1.36 bits per heavy atom. The van der Waals surface area contributed by atoms with Crippen LogP contribution in [0.15, 0.2) is 22.0 Å². The van der Waals surface area contributed by atoms with Gasteiger partial charge in [0.05, 0.1) is 4.47 Å². The monoisotopic (exact) mass is 256 g/mol. The molecule has 1 aromatic heterocycles. The van der Waals surface area contributed by atoms with Crippen molar-refractivity contribution >= 4 is 35.7 Å². The van der Waals surface area contributed by atoms with Crippen molar-refractivity contribution in [2.45, 2.75) is 5.16 Å². The molecule has 0 aliphatic heterocycles. The van der Waals surface area contributed by atoms with Gasteiger partial charge in [-0.25, -0.2) is 18.4 Å². The Morgan fingerprint density at radius 2 is 1.82 bits per heavy atom. The van der Waals surface area contributed by atoms with Gasteiger partial charge in [-0.05, 0) is 15.9 Å². The Labute approximate surface area is 76.2 Å². The zero-order valence-corrected chi connectivity index (χ0v) is 8.19. The van der Waals surface area contributed by atoms with E-state index in [2.05, 4.69) is 25.9 Å². The van der Waals surface area contributed by atoms with Crippen LogP contribution >= 0.6 is 26.6 Å². The largest absolute Gasteiger partial charge is 0.296 e. The summed E-state index contributed by atoms with van der Waals surface area (Å²) >= 11 is 3.05. The predicted octanol–water partition coefficient (Wildman–Crippen LogP) is 1.17. The van der Waals surface area contributed by atoms with E-state index in [4.69, 9.17) is 10.7 Å². The highest BCUT2D eigenvalue weighted by molar-refractivity contribution is 9.10. The van der Waals surface area contributed by atoms with Gasteiger partial charge in [-0.15, -0.1) is 0 Å². The maximum absolute atomic E-state index is 10.6. The zero-order chi connectivity index (χ0) is 8.48. The third-order valence-corrected chi connectivity index (χ3v) is 2.29. The molecule has 0 aliphatic carbocycles. The number of aromatic nitrogens is 2.